The Morgan fingerprint density at radius 2 is 1.68 bits per heavy atom. The molecule has 0 aromatic heterocycles. The van der Waals surface area contributed by atoms with E-state index in [0.29, 0.717) is 11.9 Å². The monoisotopic (exact) mass is 258 g/mol. The maximum atomic E-state index is 12.0. The number of amides is 1. The lowest BCUT2D eigenvalue weighted by Gasteiger charge is -2.41. The van der Waals surface area contributed by atoms with Gasteiger partial charge in [-0.3, -0.25) is 4.79 Å². The van der Waals surface area contributed by atoms with Crippen LogP contribution in [0.3, 0.4) is 0 Å². The first kappa shape index (κ1) is 12.5. The van der Waals surface area contributed by atoms with Gasteiger partial charge in [-0.05, 0) is 37.8 Å². The molecule has 1 amide bonds. The van der Waals surface area contributed by atoms with E-state index in [-0.39, 0.29) is 0 Å². The molecule has 102 valence electrons. The molecule has 1 aromatic carbocycles. The van der Waals surface area contributed by atoms with E-state index in [9.17, 15) is 4.79 Å². The number of anilines is 1. The molecule has 0 aliphatic carbocycles. The van der Waals surface area contributed by atoms with Gasteiger partial charge in [-0.1, -0.05) is 18.2 Å². The zero-order valence-corrected chi connectivity index (χ0v) is 11.4. The first-order chi connectivity index (χ1) is 9.34. The molecular formula is C16H22N2O. The number of likely N-dealkylation sites (tertiary alicyclic amines) is 1. The van der Waals surface area contributed by atoms with Gasteiger partial charge in [0.1, 0.15) is 0 Å². The van der Waals surface area contributed by atoms with E-state index in [2.05, 4.69) is 40.1 Å². The summed E-state index contributed by atoms with van der Waals surface area (Å²) in [6.07, 6.45) is 5.25. The third kappa shape index (κ3) is 2.75. The number of nitrogens with zero attached hydrogens (tertiary/aromatic N) is 2. The highest BCUT2D eigenvalue weighted by Gasteiger charge is 2.29. The highest BCUT2D eigenvalue weighted by atomic mass is 16.2. The largest absolute Gasteiger partial charge is 0.371 e. The van der Waals surface area contributed by atoms with Gasteiger partial charge in [0.2, 0.25) is 5.91 Å². The van der Waals surface area contributed by atoms with Crippen LogP contribution in [0.15, 0.2) is 30.3 Å². The number of hydrogen-bond acceptors (Lipinski definition) is 2. The van der Waals surface area contributed by atoms with Crippen LogP contribution in [-0.4, -0.2) is 36.5 Å². The van der Waals surface area contributed by atoms with Crippen molar-refractivity contribution in [3.05, 3.63) is 30.3 Å². The lowest BCUT2D eigenvalue weighted by molar-refractivity contribution is -0.136. The number of rotatable bonds is 2. The lowest BCUT2D eigenvalue weighted by Crippen LogP contribution is -2.49. The molecule has 0 atom stereocenters. The van der Waals surface area contributed by atoms with Crippen molar-refractivity contribution in [2.24, 2.45) is 0 Å². The van der Waals surface area contributed by atoms with Gasteiger partial charge in [0.25, 0.3) is 0 Å². The highest BCUT2D eigenvalue weighted by molar-refractivity contribution is 5.77. The van der Waals surface area contributed by atoms with Gasteiger partial charge >= 0.3 is 0 Å². The van der Waals surface area contributed by atoms with E-state index in [1.807, 2.05) is 0 Å². The number of piperidine rings is 2. The Morgan fingerprint density at radius 1 is 0.947 bits per heavy atom. The van der Waals surface area contributed by atoms with Crippen LogP contribution in [0.4, 0.5) is 5.69 Å². The number of hydrogen-bond donors (Lipinski definition) is 0. The van der Waals surface area contributed by atoms with Crippen LogP contribution in [0, 0.1) is 0 Å². The fraction of sp³-hybridized carbons (Fsp3) is 0.562. The van der Waals surface area contributed by atoms with Crippen LogP contribution < -0.4 is 4.90 Å². The Morgan fingerprint density at radius 3 is 2.37 bits per heavy atom. The van der Waals surface area contributed by atoms with Crippen LogP contribution in [0.25, 0.3) is 0 Å². The third-order valence-corrected chi connectivity index (χ3v) is 4.39. The second kappa shape index (κ2) is 5.64. The molecule has 0 bridgehead atoms. The molecule has 3 rings (SSSR count). The van der Waals surface area contributed by atoms with Crippen LogP contribution >= 0.6 is 0 Å². The van der Waals surface area contributed by atoms with Crippen molar-refractivity contribution in [1.82, 2.24) is 4.90 Å². The smallest absolute Gasteiger partial charge is 0.222 e. The Bertz CT molecular complexity index is 424. The SMILES string of the molecule is O=C1CCCCN1C1CCN(c2ccccc2)CC1. The second-order valence-electron chi connectivity index (χ2n) is 5.60. The molecule has 3 nitrogen and oxygen atoms in total. The number of carbonyl (C=O) groups is 1. The molecule has 2 saturated heterocycles. The van der Waals surface area contributed by atoms with Crippen molar-refractivity contribution in [3.8, 4) is 0 Å². The molecule has 0 unspecified atom stereocenters. The van der Waals surface area contributed by atoms with Gasteiger partial charge in [-0.25, -0.2) is 0 Å². The molecule has 1 aromatic rings. The van der Waals surface area contributed by atoms with Crippen molar-refractivity contribution in [2.45, 2.75) is 38.1 Å². The molecule has 0 radical (unpaired) electrons. The fourth-order valence-electron chi connectivity index (χ4n) is 3.29. The van der Waals surface area contributed by atoms with Crippen LogP contribution in [0.2, 0.25) is 0 Å². The van der Waals surface area contributed by atoms with E-state index < -0.39 is 0 Å². The Labute approximate surface area is 115 Å². The van der Waals surface area contributed by atoms with Crippen molar-refractivity contribution in [3.63, 3.8) is 0 Å². The van der Waals surface area contributed by atoms with E-state index in [1.54, 1.807) is 0 Å². The van der Waals surface area contributed by atoms with Crippen molar-refractivity contribution in [2.75, 3.05) is 24.5 Å². The van der Waals surface area contributed by atoms with Gasteiger partial charge in [-0.15, -0.1) is 0 Å². The van der Waals surface area contributed by atoms with Gasteiger partial charge < -0.3 is 9.80 Å². The molecule has 3 heteroatoms. The topological polar surface area (TPSA) is 23.6 Å². The minimum atomic E-state index is 0.379. The molecular weight excluding hydrogens is 236 g/mol. The molecule has 2 heterocycles. The van der Waals surface area contributed by atoms with Crippen molar-refractivity contribution in [1.29, 1.82) is 0 Å². The van der Waals surface area contributed by atoms with E-state index in [1.165, 1.54) is 12.1 Å². The summed E-state index contributed by atoms with van der Waals surface area (Å²) in [6, 6.07) is 11.1. The standard InChI is InChI=1S/C16H22N2O/c19-16-8-4-5-11-18(16)15-9-12-17(13-10-15)14-6-2-1-3-7-14/h1-3,6-7,15H,4-5,8-13H2. The summed E-state index contributed by atoms with van der Waals surface area (Å²) in [4.78, 5) is 16.5. The van der Waals surface area contributed by atoms with E-state index >= 15 is 0 Å². The number of benzene rings is 1. The van der Waals surface area contributed by atoms with Crippen LogP contribution in [0.1, 0.15) is 32.1 Å². The molecule has 0 spiro atoms. The Kier molecular flexibility index (Phi) is 3.72. The molecule has 0 N–H and O–H groups in total. The zero-order chi connectivity index (χ0) is 13.1. The molecule has 19 heavy (non-hydrogen) atoms. The summed E-state index contributed by atoms with van der Waals surface area (Å²) in [5.41, 5.74) is 1.31. The maximum Gasteiger partial charge on any atom is 0.222 e. The third-order valence-electron chi connectivity index (χ3n) is 4.39. The summed E-state index contributed by atoms with van der Waals surface area (Å²) < 4.78 is 0. The highest BCUT2D eigenvalue weighted by Crippen LogP contribution is 2.24. The van der Waals surface area contributed by atoms with E-state index in [0.717, 1.165) is 45.3 Å². The van der Waals surface area contributed by atoms with Gasteiger partial charge in [0, 0.05) is 37.8 Å². The Balaban J connectivity index is 1.59. The predicted molar refractivity (Wildman–Crippen MR) is 77.2 cm³/mol. The molecule has 2 aliphatic rings. The van der Waals surface area contributed by atoms with Crippen LogP contribution in [0.5, 0.6) is 0 Å². The minimum absolute atomic E-state index is 0.379. The van der Waals surface area contributed by atoms with Gasteiger partial charge in [-0.2, -0.15) is 0 Å². The minimum Gasteiger partial charge on any atom is -0.371 e. The molecule has 2 fully saturated rings. The first-order valence-electron chi connectivity index (χ1n) is 7.44. The Hall–Kier alpha value is -1.51. The average Bonchev–Trinajstić information content (AvgIpc) is 2.49. The normalized spacial score (nSPS) is 21.8. The quantitative estimate of drug-likeness (QED) is 0.814. The summed E-state index contributed by atoms with van der Waals surface area (Å²) >= 11 is 0. The lowest BCUT2D eigenvalue weighted by atomic mass is 9.99. The molecule has 2 aliphatic heterocycles. The van der Waals surface area contributed by atoms with Crippen molar-refractivity contribution < 1.29 is 4.79 Å². The van der Waals surface area contributed by atoms with E-state index in [4.69, 9.17) is 0 Å². The summed E-state index contributed by atoms with van der Waals surface area (Å²) in [7, 11) is 0. The average molecular weight is 258 g/mol. The van der Waals surface area contributed by atoms with Gasteiger partial charge in [0.05, 0.1) is 0 Å². The molecule has 0 saturated carbocycles. The predicted octanol–water partition coefficient (Wildman–Crippen LogP) is 2.67. The number of carbonyl (C=O) groups excluding carboxylic acids is 1. The first-order valence-corrected chi connectivity index (χ1v) is 7.44. The van der Waals surface area contributed by atoms with Crippen LogP contribution in [-0.2, 0) is 4.79 Å². The van der Waals surface area contributed by atoms with Gasteiger partial charge in [0.15, 0.2) is 0 Å². The zero-order valence-electron chi connectivity index (χ0n) is 11.4. The summed E-state index contributed by atoms with van der Waals surface area (Å²) in [5.74, 6) is 0.379. The number of para-hydroxylation sites is 1. The van der Waals surface area contributed by atoms with Crippen molar-refractivity contribution >= 4 is 11.6 Å². The summed E-state index contributed by atoms with van der Waals surface area (Å²) in [5, 5.41) is 0. The maximum absolute atomic E-state index is 12.0. The summed E-state index contributed by atoms with van der Waals surface area (Å²) in [6.45, 7) is 3.12. The second-order valence-corrected chi connectivity index (χ2v) is 5.60. The fourth-order valence-corrected chi connectivity index (χ4v) is 3.29.